The second kappa shape index (κ2) is 6.24. The number of hydrogen-bond acceptors (Lipinski definition) is 4. The molecular formula is C17H22N2O2S. The molecule has 0 saturated carbocycles. The summed E-state index contributed by atoms with van der Waals surface area (Å²) in [6, 6.07) is 2.19. The van der Waals surface area contributed by atoms with Crippen molar-refractivity contribution in [2.24, 2.45) is 0 Å². The summed E-state index contributed by atoms with van der Waals surface area (Å²) in [6.45, 7) is 5.91. The number of nitrogens with zero attached hydrogens (tertiary/aromatic N) is 1. The normalized spacial score (nSPS) is 18.8. The summed E-state index contributed by atoms with van der Waals surface area (Å²) in [4.78, 5) is 14.0. The Kier molecular flexibility index (Phi) is 4.34. The van der Waals surface area contributed by atoms with Crippen molar-refractivity contribution < 1.29 is 9.32 Å². The SMILES string of the molecule is Cc1noc(C)c1CC(C)NC(=O)C1CCCc2sccc21. The monoisotopic (exact) mass is 318 g/mol. The van der Waals surface area contributed by atoms with Crippen LogP contribution in [-0.4, -0.2) is 17.1 Å². The van der Waals surface area contributed by atoms with E-state index in [0.717, 1.165) is 42.7 Å². The fourth-order valence-electron chi connectivity index (χ4n) is 3.25. The van der Waals surface area contributed by atoms with Crippen molar-refractivity contribution in [1.82, 2.24) is 10.5 Å². The molecule has 1 amide bonds. The van der Waals surface area contributed by atoms with E-state index < -0.39 is 0 Å². The molecule has 2 aromatic heterocycles. The maximum absolute atomic E-state index is 12.6. The van der Waals surface area contributed by atoms with Gasteiger partial charge in [-0.15, -0.1) is 11.3 Å². The van der Waals surface area contributed by atoms with Crippen molar-refractivity contribution in [3.8, 4) is 0 Å². The molecule has 0 fully saturated rings. The van der Waals surface area contributed by atoms with Gasteiger partial charge in [0.2, 0.25) is 5.91 Å². The van der Waals surface area contributed by atoms with Crippen LogP contribution in [0.2, 0.25) is 0 Å². The highest BCUT2D eigenvalue weighted by atomic mass is 32.1. The molecule has 0 aromatic carbocycles. The highest BCUT2D eigenvalue weighted by Gasteiger charge is 2.28. The number of nitrogens with one attached hydrogen (secondary N) is 1. The first-order valence-electron chi connectivity index (χ1n) is 7.84. The average molecular weight is 318 g/mol. The molecule has 4 nitrogen and oxygen atoms in total. The van der Waals surface area contributed by atoms with Crippen LogP contribution < -0.4 is 5.32 Å². The molecule has 0 saturated heterocycles. The van der Waals surface area contributed by atoms with Crippen LogP contribution in [0.4, 0.5) is 0 Å². The number of hydrogen-bond donors (Lipinski definition) is 1. The van der Waals surface area contributed by atoms with Gasteiger partial charge in [-0.2, -0.15) is 0 Å². The Labute approximate surface area is 134 Å². The number of carbonyl (C=O) groups is 1. The molecule has 1 aliphatic carbocycles. The smallest absolute Gasteiger partial charge is 0.227 e. The standard InChI is InChI=1S/C17H22N2O2S/c1-10(9-15-11(2)19-21-12(15)3)18-17(20)14-5-4-6-16-13(14)7-8-22-16/h7-8,10,14H,4-6,9H2,1-3H3,(H,18,20). The maximum atomic E-state index is 12.6. The van der Waals surface area contributed by atoms with Gasteiger partial charge in [-0.3, -0.25) is 4.79 Å². The summed E-state index contributed by atoms with van der Waals surface area (Å²) >= 11 is 1.77. The molecule has 3 rings (SSSR count). The molecule has 0 aliphatic heterocycles. The van der Waals surface area contributed by atoms with Gasteiger partial charge in [0.25, 0.3) is 0 Å². The van der Waals surface area contributed by atoms with Gasteiger partial charge in [0.05, 0.1) is 11.6 Å². The van der Waals surface area contributed by atoms with Crippen LogP contribution in [0, 0.1) is 13.8 Å². The Morgan fingerprint density at radius 3 is 3.09 bits per heavy atom. The fourth-order valence-corrected chi connectivity index (χ4v) is 4.24. The zero-order chi connectivity index (χ0) is 15.7. The Morgan fingerprint density at radius 1 is 1.55 bits per heavy atom. The van der Waals surface area contributed by atoms with E-state index in [2.05, 4.69) is 21.9 Å². The number of carbonyl (C=O) groups excluding carboxylic acids is 1. The first-order chi connectivity index (χ1) is 10.6. The van der Waals surface area contributed by atoms with E-state index in [1.54, 1.807) is 11.3 Å². The summed E-state index contributed by atoms with van der Waals surface area (Å²) in [5.41, 5.74) is 3.25. The highest BCUT2D eigenvalue weighted by Crippen LogP contribution is 2.35. The van der Waals surface area contributed by atoms with Crippen LogP contribution in [0.15, 0.2) is 16.0 Å². The molecular weight excluding hydrogens is 296 g/mol. The Morgan fingerprint density at radius 2 is 2.36 bits per heavy atom. The minimum Gasteiger partial charge on any atom is -0.361 e. The summed E-state index contributed by atoms with van der Waals surface area (Å²) in [6.07, 6.45) is 3.93. The quantitative estimate of drug-likeness (QED) is 0.938. The lowest BCUT2D eigenvalue weighted by atomic mass is 9.87. The molecule has 1 aliphatic rings. The minimum atomic E-state index is 0.0159. The molecule has 0 bridgehead atoms. The van der Waals surface area contributed by atoms with E-state index in [1.807, 2.05) is 20.8 Å². The van der Waals surface area contributed by atoms with E-state index in [-0.39, 0.29) is 17.9 Å². The number of amides is 1. The molecule has 1 N–H and O–H groups in total. The lowest BCUT2D eigenvalue weighted by molar-refractivity contribution is -0.123. The van der Waals surface area contributed by atoms with Gasteiger partial charge in [-0.05, 0) is 63.5 Å². The molecule has 2 aromatic rings. The molecule has 5 heteroatoms. The van der Waals surface area contributed by atoms with Crippen LogP contribution in [0.5, 0.6) is 0 Å². The first-order valence-corrected chi connectivity index (χ1v) is 8.72. The van der Waals surface area contributed by atoms with Gasteiger partial charge >= 0.3 is 0 Å². The van der Waals surface area contributed by atoms with Gasteiger partial charge in [0.15, 0.2) is 0 Å². The number of fused-ring (bicyclic) bond motifs is 1. The van der Waals surface area contributed by atoms with Crippen molar-refractivity contribution in [1.29, 1.82) is 0 Å². The van der Waals surface area contributed by atoms with Crippen LogP contribution in [0.25, 0.3) is 0 Å². The molecule has 2 unspecified atom stereocenters. The summed E-state index contributed by atoms with van der Waals surface area (Å²) < 4.78 is 5.19. The van der Waals surface area contributed by atoms with Crippen LogP contribution in [0.1, 0.15) is 53.1 Å². The van der Waals surface area contributed by atoms with Gasteiger partial charge in [-0.25, -0.2) is 0 Å². The molecule has 118 valence electrons. The van der Waals surface area contributed by atoms with Crippen molar-refractivity contribution in [3.05, 3.63) is 38.9 Å². The van der Waals surface area contributed by atoms with E-state index in [1.165, 1.54) is 10.4 Å². The second-order valence-corrected chi connectivity index (χ2v) is 7.16. The Hall–Kier alpha value is -1.62. The van der Waals surface area contributed by atoms with E-state index in [4.69, 9.17) is 4.52 Å². The third kappa shape index (κ3) is 2.95. The third-order valence-electron chi connectivity index (χ3n) is 4.45. The highest BCUT2D eigenvalue weighted by molar-refractivity contribution is 7.10. The zero-order valence-corrected chi connectivity index (χ0v) is 14.1. The van der Waals surface area contributed by atoms with Crippen LogP contribution >= 0.6 is 11.3 Å². The zero-order valence-electron chi connectivity index (χ0n) is 13.3. The number of thiophene rings is 1. The molecule has 2 heterocycles. The Bertz CT molecular complexity index is 655. The molecule has 0 spiro atoms. The van der Waals surface area contributed by atoms with Gasteiger partial charge in [0, 0.05) is 16.5 Å². The largest absolute Gasteiger partial charge is 0.361 e. The summed E-state index contributed by atoms with van der Waals surface area (Å²) in [5, 5.41) is 9.24. The van der Waals surface area contributed by atoms with E-state index in [0.29, 0.717) is 0 Å². The summed E-state index contributed by atoms with van der Waals surface area (Å²) in [7, 11) is 0. The predicted octanol–water partition coefficient (Wildman–Crippen LogP) is 3.52. The van der Waals surface area contributed by atoms with Crippen LogP contribution in [0.3, 0.4) is 0 Å². The topological polar surface area (TPSA) is 55.1 Å². The Balaban J connectivity index is 1.65. The second-order valence-electron chi connectivity index (χ2n) is 6.16. The van der Waals surface area contributed by atoms with Crippen molar-refractivity contribution in [2.75, 3.05) is 0 Å². The van der Waals surface area contributed by atoms with Gasteiger partial charge in [-0.1, -0.05) is 5.16 Å². The van der Waals surface area contributed by atoms with Gasteiger partial charge in [0.1, 0.15) is 5.76 Å². The number of rotatable bonds is 4. The van der Waals surface area contributed by atoms with E-state index >= 15 is 0 Å². The fraction of sp³-hybridized carbons (Fsp3) is 0.529. The number of aryl methyl sites for hydroxylation is 3. The third-order valence-corrected chi connectivity index (χ3v) is 5.45. The maximum Gasteiger partial charge on any atom is 0.227 e. The van der Waals surface area contributed by atoms with Crippen molar-refractivity contribution in [2.45, 2.75) is 58.4 Å². The molecule has 2 atom stereocenters. The number of aromatic nitrogens is 1. The lowest BCUT2D eigenvalue weighted by Crippen LogP contribution is -2.38. The van der Waals surface area contributed by atoms with Gasteiger partial charge < -0.3 is 9.84 Å². The minimum absolute atomic E-state index is 0.0159. The summed E-state index contributed by atoms with van der Waals surface area (Å²) in [5.74, 6) is 1.01. The van der Waals surface area contributed by atoms with Crippen molar-refractivity contribution in [3.63, 3.8) is 0 Å². The first kappa shape index (κ1) is 15.3. The van der Waals surface area contributed by atoms with Crippen LogP contribution in [-0.2, 0) is 17.6 Å². The molecule has 0 radical (unpaired) electrons. The molecule has 22 heavy (non-hydrogen) atoms. The average Bonchev–Trinajstić information content (AvgIpc) is 3.08. The predicted molar refractivity (Wildman–Crippen MR) is 87.3 cm³/mol. The lowest BCUT2D eigenvalue weighted by Gasteiger charge is -2.24. The van der Waals surface area contributed by atoms with E-state index in [9.17, 15) is 4.79 Å². The van der Waals surface area contributed by atoms with Crippen molar-refractivity contribution >= 4 is 17.2 Å².